The van der Waals surface area contributed by atoms with Crippen LogP contribution in [0, 0.1) is 11.8 Å². The molecule has 138 valence electrons. The first-order valence-electron chi connectivity index (χ1n) is 10.9. The fourth-order valence-electron chi connectivity index (χ4n) is 4.53. The van der Waals surface area contributed by atoms with Crippen LogP contribution in [0.1, 0.15) is 111 Å². The molecule has 1 saturated heterocycles. The molecule has 0 saturated carbocycles. The Hall–Kier alpha value is -0.0400. The minimum atomic E-state index is 0.891. The van der Waals surface area contributed by atoms with Crippen molar-refractivity contribution in [1.82, 2.24) is 4.90 Å². The molecule has 1 heterocycles. The summed E-state index contributed by atoms with van der Waals surface area (Å²) in [6.45, 7) is 12.0. The van der Waals surface area contributed by atoms with Crippen molar-refractivity contribution in [3.63, 3.8) is 0 Å². The number of hydrogen-bond donors (Lipinski definition) is 0. The Bertz CT molecular complexity index is 263. The summed E-state index contributed by atoms with van der Waals surface area (Å²) in [5.74, 6) is 1.92. The highest BCUT2D eigenvalue weighted by Gasteiger charge is 2.29. The zero-order valence-electron chi connectivity index (χ0n) is 16.8. The topological polar surface area (TPSA) is 3.24 Å². The molecule has 0 aromatic carbocycles. The van der Waals surface area contributed by atoms with Crippen LogP contribution in [0.25, 0.3) is 0 Å². The molecule has 0 spiro atoms. The van der Waals surface area contributed by atoms with Crippen LogP contribution in [-0.2, 0) is 0 Å². The van der Waals surface area contributed by atoms with Crippen molar-refractivity contribution in [3.05, 3.63) is 0 Å². The molecule has 1 nitrogen and oxygen atoms in total. The van der Waals surface area contributed by atoms with Crippen LogP contribution in [-0.4, -0.2) is 24.0 Å². The van der Waals surface area contributed by atoms with Gasteiger partial charge in [0.1, 0.15) is 0 Å². The highest BCUT2D eigenvalue weighted by molar-refractivity contribution is 4.84. The van der Waals surface area contributed by atoms with E-state index < -0.39 is 0 Å². The molecule has 0 aromatic heterocycles. The van der Waals surface area contributed by atoms with Crippen molar-refractivity contribution in [2.45, 2.75) is 117 Å². The fourth-order valence-corrected chi connectivity index (χ4v) is 4.53. The monoisotopic (exact) mass is 323 g/mol. The molecule has 0 radical (unpaired) electrons. The summed E-state index contributed by atoms with van der Waals surface area (Å²) in [5, 5.41) is 0. The van der Waals surface area contributed by atoms with Crippen LogP contribution >= 0.6 is 0 Å². The van der Waals surface area contributed by atoms with Gasteiger partial charge in [-0.25, -0.2) is 0 Å². The minimum absolute atomic E-state index is 0.891. The van der Waals surface area contributed by atoms with Crippen molar-refractivity contribution in [2.75, 3.05) is 13.1 Å². The maximum absolute atomic E-state index is 2.76. The first-order valence-corrected chi connectivity index (χ1v) is 10.9. The van der Waals surface area contributed by atoms with Crippen molar-refractivity contribution in [3.8, 4) is 0 Å². The molecule has 0 N–H and O–H groups in total. The Balaban J connectivity index is 2.35. The van der Waals surface area contributed by atoms with Gasteiger partial charge in [-0.1, -0.05) is 98.3 Å². The maximum atomic E-state index is 2.76. The summed E-state index contributed by atoms with van der Waals surface area (Å²) in [5.41, 5.74) is 0. The highest BCUT2D eigenvalue weighted by atomic mass is 15.2. The number of rotatable bonds is 14. The Kier molecular flexibility index (Phi) is 12.1. The molecule has 1 heteroatoms. The molecular weight excluding hydrogens is 278 g/mol. The lowest BCUT2D eigenvalue weighted by atomic mass is 9.87. The maximum Gasteiger partial charge on any atom is 0.0101 e. The van der Waals surface area contributed by atoms with Crippen LogP contribution < -0.4 is 0 Å². The number of likely N-dealkylation sites (tertiary alicyclic amines) is 1. The number of nitrogens with zero attached hydrogens (tertiary/aromatic N) is 1. The molecule has 1 aliphatic heterocycles. The van der Waals surface area contributed by atoms with Crippen LogP contribution in [0.15, 0.2) is 0 Å². The molecule has 3 atom stereocenters. The van der Waals surface area contributed by atoms with Crippen molar-refractivity contribution >= 4 is 0 Å². The van der Waals surface area contributed by atoms with Gasteiger partial charge in [0.05, 0.1) is 0 Å². The Morgan fingerprint density at radius 3 is 1.96 bits per heavy atom. The van der Waals surface area contributed by atoms with Gasteiger partial charge >= 0.3 is 0 Å². The van der Waals surface area contributed by atoms with Crippen molar-refractivity contribution in [2.24, 2.45) is 11.8 Å². The molecule has 1 aliphatic rings. The fraction of sp³-hybridized carbons (Fsp3) is 1.00. The molecule has 0 aliphatic carbocycles. The molecular formula is C22H45N. The molecule has 3 unspecified atom stereocenters. The molecule has 0 bridgehead atoms. The third-order valence-electron chi connectivity index (χ3n) is 5.93. The van der Waals surface area contributed by atoms with E-state index in [4.69, 9.17) is 0 Å². The summed E-state index contributed by atoms with van der Waals surface area (Å²) in [6.07, 6.45) is 18.9. The predicted molar refractivity (Wildman–Crippen MR) is 105 cm³/mol. The number of hydrogen-bond acceptors (Lipinski definition) is 1. The molecule has 0 amide bonds. The zero-order valence-corrected chi connectivity index (χ0v) is 16.8. The second-order valence-corrected chi connectivity index (χ2v) is 8.24. The van der Waals surface area contributed by atoms with Crippen molar-refractivity contribution < 1.29 is 0 Å². The van der Waals surface area contributed by atoms with E-state index in [2.05, 4.69) is 32.6 Å². The smallest absolute Gasteiger partial charge is 0.0101 e. The Labute approximate surface area is 147 Å². The first-order chi connectivity index (χ1) is 11.2. The van der Waals surface area contributed by atoms with Gasteiger partial charge in [-0.2, -0.15) is 0 Å². The summed E-state index contributed by atoms with van der Waals surface area (Å²) in [6, 6.07) is 0.891. The number of unbranched alkanes of at least 4 members (excludes halogenated alkanes) is 7. The predicted octanol–water partition coefficient (Wildman–Crippen LogP) is 7.05. The van der Waals surface area contributed by atoms with Gasteiger partial charge in [-0.3, -0.25) is 0 Å². The third-order valence-corrected chi connectivity index (χ3v) is 5.93. The zero-order chi connectivity index (χ0) is 16.9. The van der Waals surface area contributed by atoms with Crippen LogP contribution in [0.2, 0.25) is 0 Å². The van der Waals surface area contributed by atoms with E-state index in [9.17, 15) is 0 Å². The van der Waals surface area contributed by atoms with Gasteiger partial charge in [0.15, 0.2) is 0 Å². The summed E-state index contributed by atoms with van der Waals surface area (Å²) in [4.78, 5) is 2.76. The van der Waals surface area contributed by atoms with E-state index in [1.165, 1.54) is 96.6 Å². The second-order valence-electron chi connectivity index (χ2n) is 8.24. The van der Waals surface area contributed by atoms with E-state index in [0.29, 0.717) is 0 Å². The van der Waals surface area contributed by atoms with Crippen LogP contribution in [0.4, 0.5) is 0 Å². The van der Waals surface area contributed by atoms with Crippen LogP contribution in [0.5, 0.6) is 0 Å². The van der Waals surface area contributed by atoms with Gasteiger partial charge in [-0.05, 0) is 31.2 Å². The van der Waals surface area contributed by atoms with Gasteiger partial charge in [-0.15, -0.1) is 0 Å². The summed E-state index contributed by atoms with van der Waals surface area (Å²) < 4.78 is 0. The van der Waals surface area contributed by atoms with E-state index in [1.807, 2.05) is 0 Å². The van der Waals surface area contributed by atoms with E-state index >= 15 is 0 Å². The van der Waals surface area contributed by atoms with Crippen molar-refractivity contribution in [1.29, 1.82) is 0 Å². The Morgan fingerprint density at radius 2 is 1.39 bits per heavy atom. The molecule has 0 aromatic rings. The standard InChI is InChI=1S/C22H45N/c1-5-8-10-12-14-16-21(15-13-11-9-6-2)18-22-17-20(4)19-23(22)7-3/h20-22H,5-19H2,1-4H3. The minimum Gasteiger partial charge on any atom is -0.300 e. The van der Waals surface area contributed by atoms with Gasteiger partial charge < -0.3 is 4.90 Å². The molecule has 23 heavy (non-hydrogen) atoms. The van der Waals surface area contributed by atoms with Crippen LogP contribution in [0.3, 0.4) is 0 Å². The molecule has 1 rings (SSSR count). The lowest BCUT2D eigenvalue weighted by Crippen LogP contribution is -2.31. The lowest BCUT2D eigenvalue weighted by molar-refractivity contribution is 0.214. The SMILES string of the molecule is CCCCCCCC(CCCCCC)CC1CC(C)CN1CC. The normalized spacial score (nSPS) is 23.5. The second kappa shape index (κ2) is 13.3. The van der Waals surface area contributed by atoms with Gasteiger partial charge in [0.25, 0.3) is 0 Å². The first kappa shape index (κ1) is 21.0. The van der Waals surface area contributed by atoms with E-state index in [1.54, 1.807) is 0 Å². The van der Waals surface area contributed by atoms with E-state index in [0.717, 1.165) is 17.9 Å². The third kappa shape index (κ3) is 9.13. The highest BCUT2D eigenvalue weighted by Crippen LogP contribution is 2.31. The van der Waals surface area contributed by atoms with Gasteiger partial charge in [0.2, 0.25) is 0 Å². The van der Waals surface area contributed by atoms with E-state index in [-0.39, 0.29) is 0 Å². The average molecular weight is 324 g/mol. The lowest BCUT2D eigenvalue weighted by Gasteiger charge is -2.27. The van der Waals surface area contributed by atoms with Gasteiger partial charge in [0, 0.05) is 12.6 Å². The Morgan fingerprint density at radius 1 is 0.826 bits per heavy atom. The summed E-state index contributed by atoms with van der Waals surface area (Å²) in [7, 11) is 0. The largest absolute Gasteiger partial charge is 0.300 e. The summed E-state index contributed by atoms with van der Waals surface area (Å²) >= 11 is 0. The molecule has 1 fully saturated rings. The average Bonchev–Trinajstić information content (AvgIpc) is 2.90. The quantitative estimate of drug-likeness (QED) is 0.309.